The summed E-state index contributed by atoms with van der Waals surface area (Å²) in [5.74, 6) is 0. The van der Waals surface area contributed by atoms with Crippen LogP contribution < -0.4 is 10.0 Å². The van der Waals surface area contributed by atoms with Crippen LogP contribution in [0.2, 0.25) is 0 Å². The lowest BCUT2D eigenvalue weighted by molar-refractivity contribution is 0.168. The fourth-order valence-electron chi connectivity index (χ4n) is 1.14. The lowest BCUT2D eigenvalue weighted by Crippen LogP contribution is -2.19. The molecule has 6 nitrogen and oxygen atoms in total. The van der Waals surface area contributed by atoms with Crippen LogP contribution in [0.1, 0.15) is 6.92 Å². The Bertz CT molecular complexity index is 499. The van der Waals surface area contributed by atoms with E-state index < -0.39 is 16.1 Å². The van der Waals surface area contributed by atoms with Gasteiger partial charge in [-0.15, -0.1) is 0 Å². The first-order valence-corrected chi connectivity index (χ1v) is 6.45. The normalized spacial score (nSPS) is 10.9. The van der Waals surface area contributed by atoms with Crippen molar-refractivity contribution in [1.82, 2.24) is 4.72 Å². The van der Waals surface area contributed by atoms with E-state index in [1.165, 1.54) is 25.2 Å². The molecule has 0 radical (unpaired) electrons. The lowest BCUT2D eigenvalue weighted by Gasteiger charge is -2.07. The van der Waals surface area contributed by atoms with Crippen LogP contribution in [0.3, 0.4) is 0 Å². The molecule has 94 valence electrons. The van der Waals surface area contributed by atoms with Crippen LogP contribution in [0, 0.1) is 0 Å². The van der Waals surface area contributed by atoms with Crippen molar-refractivity contribution in [2.75, 3.05) is 19.0 Å². The first-order chi connectivity index (χ1) is 7.99. The van der Waals surface area contributed by atoms with E-state index in [9.17, 15) is 13.2 Å². The zero-order chi connectivity index (χ0) is 12.9. The first kappa shape index (κ1) is 13.5. The quantitative estimate of drug-likeness (QED) is 0.848. The topological polar surface area (TPSA) is 84.5 Å². The summed E-state index contributed by atoms with van der Waals surface area (Å²) in [6.45, 7) is 1.93. The second-order valence-corrected chi connectivity index (χ2v) is 4.97. The molecule has 0 heterocycles. The molecule has 0 fully saturated rings. The second kappa shape index (κ2) is 5.65. The number of anilines is 1. The SMILES string of the molecule is CCOC(=O)Nc1cccc(S(=O)(=O)NC)c1. The zero-order valence-electron chi connectivity index (χ0n) is 9.56. The van der Waals surface area contributed by atoms with Gasteiger partial charge in [0.25, 0.3) is 0 Å². The van der Waals surface area contributed by atoms with Gasteiger partial charge in [-0.1, -0.05) is 6.07 Å². The highest BCUT2D eigenvalue weighted by molar-refractivity contribution is 7.89. The second-order valence-electron chi connectivity index (χ2n) is 3.08. The number of benzene rings is 1. The molecule has 1 aromatic carbocycles. The number of amides is 1. The Labute approximate surface area is 100 Å². The fourth-order valence-corrected chi connectivity index (χ4v) is 1.92. The predicted molar refractivity (Wildman–Crippen MR) is 63.3 cm³/mol. The predicted octanol–water partition coefficient (Wildman–Crippen LogP) is 1.16. The van der Waals surface area contributed by atoms with Crippen molar-refractivity contribution < 1.29 is 17.9 Å². The van der Waals surface area contributed by atoms with Crippen LogP contribution >= 0.6 is 0 Å². The van der Waals surface area contributed by atoms with Crippen molar-refractivity contribution in [1.29, 1.82) is 0 Å². The van der Waals surface area contributed by atoms with Crippen LogP contribution in [0.15, 0.2) is 29.2 Å². The largest absolute Gasteiger partial charge is 0.450 e. The minimum Gasteiger partial charge on any atom is -0.450 e. The number of nitrogens with one attached hydrogen (secondary N) is 2. The smallest absolute Gasteiger partial charge is 0.411 e. The van der Waals surface area contributed by atoms with Crippen LogP contribution in [0.5, 0.6) is 0 Å². The third-order valence-corrected chi connectivity index (χ3v) is 3.35. The Morgan fingerprint density at radius 2 is 2.12 bits per heavy atom. The Morgan fingerprint density at radius 1 is 1.41 bits per heavy atom. The van der Waals surface area contributed by atoms with Gasteiger partial charge in [-0.3, -0.25) is 5.32 Å². The Morgan fingerprint density at radius 3 is 2.71 bits per heavy atom. The van der Waals surface area contributed by atoms with E-state index in [1.807, 2.05) is 0 Å². The van der Waals surface area contributed by atoms with Crippen molar-refractivity contribution in [3.05, 3.63) is 24.3 Å². The van der Waals surface area contributed by atoms with Crippen LogP contribution in [-0.2, 0) is 14.8 Å². The number of hydrogen-bond donors (Lipinski definition) is 2. The van der Waals surface area contributed by atoms with E-state index in [4.69, 9.17) is 0 Å². The summed E-state index contributed by atoms with van der Waals surface area (Å²) in [4.78, 5) is 11.2. The molecular weight excluding hydrogens is 244 g/mol. The van der Waals surface area contributed by atoms with E-state index in [0.29, 0.717) is 5.69 Å². The maximum Gasteiger partial charge on any atom is 0.411 e. The monoisotopic (exact) mass is 258 g/mol. The molecule has 0 aliphatic rings. The van der Waals surface area contributed by atoms with Gasteiger partial charge in [-0.05, 0) is 32.2 Å². The van der Waals surface area contributed by atoms with Crippen LogP contribution in [0.4, 0.5) is 10.5 Å². The minimum atomic E-state index is -3.51. The number of carbonyl (C=O) groups is 1. The fraction of sp³-hybridized carbons (Fsp3) is 0.300. The molecule has 0 aliphatic carbocycles. The standard InChI is InChI=1S/C10H14N2O4S/c1-3-16-10(13)12-8-5-4-6-9(7-8)17(14,15)11-2/h4-7,11H,3H2,1-2H3,(H,12,13). The zero-order valence-corrected chi connectivity index (χ0v) is 10.4. The van der Waals surface area contributed by atoms with E-state index in [1.54, 1.807) is 13.0 Å². The van der Waals surface area contributed by atoms with Gasteiger partial charge in [0.05, 0.1) is 11.5 Å². The third kappa shape index (κ3) is 3.72. The van der Waals surface area contributed by atoms with Crippen LogP contribution in [0.25, 0.3) is 0 Å². The molecule has 1 amide bonds. The molecule has 0 atom stereocenters. The van der Waals surface area contributed by atoms with E-state index >= 15 is 0 Å². The molecule has 17 heavy (non-hydrogen) atoms. The summed E-state index contributed by atoms with van der Waals surface area (Å²) in [6.07, 6.45) is -0.619. The first-order valence-electron chi connectivity index (χ1n) is 4.97. The molecule has 2 N–H and O–H groups in total. The van der Waals surface area contributed by atoms with Crippen molar-refractivity contribution in [2.24, 2.45) is 0 Å². The van der Waals surface area contributed by atoms with Gasteiger partial charge in [-0.2, -0.15) is 0 Å². The lowest BCUT2D eigenvalue weighted by atomic mass is 10.3. The van der Waals surface area contributed by atoms with Gasteiger partial charge in [0, 0.05) is 5.69 Å². The van der Waals surface area contributed by atoms with E-state index in [-0.39, 0.29) is 11.5 Å². The molecule has 0 aliphatic heterocycles. The number of ether oxygens (including phenoxy) is 1. The maximum atomic E-state index is 11.5. The summed E-state index contributed by atoms with van der Waals surface area (Å²) in [5, 5.41) is 2.43. The Kier molecular flexibility index (Phi) is 4.47. The number of rotatable bonds is 4. The summed E-state index contributed by atoms with van der Waals surface area (Å²) in [5.41, 5.74) is 0.361. The molecule has 0 aromatic heterocycles. The highest BCUT2D eigenvalue weighted by Crippen LogP contribution is 2.15. The summed E-state index contributed by atoms with van der Waals surface area (Å²) in [6, 6.07) is 5.89. The van der Waals surface area contributed by atoms with Crippen molar-refractivity contribution in [3.8, 4) is 0 Å². The number of sulfonamides is 1. The van der Waals surface area contributed by atoms with Gasteiger partial charge < -0.3 is 4.74 Å². The molecule has 1 rings (SSSR count). The highest BCUT2D eigenvalue weighted by Gasteiger charge is 2.12. The molecule has 7 heteroatoms. The maximum absolute atomic E-state index is 11.5. The molecular formula is C10H14N2O4S. The molecule has 0 unspecified atom stereocenters. The molecule has 0 saturated heterocycles. The molecule has 0 saturated carbocycles. The summed E-state index contributed by atoms with van der Waals surface area (Å²) >= 11 is 0. The molecule has 0 bridgehead atoms. The molecule has 1 aromatic rings. The highest BCUT2D eigenvalue weighted by atomic mass is 32.2. The van der Waals surface area contributed by atoms with Gasteiger partial charge in [-0.25, -0.2) is 17.9 Å². The average molecular weight is 258 g/mol. The average Bonchev–Trinajstić information content (AvgIpc) is 2.29. The van der Waals surface area contributed by atoms with Gasteiger partial charge >= 0.3 is 6.09 Å². The summed E-state index contributed by atoms with van der Waals surface area (Å²) in [7, 11) is -2.19. The summed E-state index contributed by atoms with van der Waals surface area (Å²) < 4.78 is 29.9. The number of carbonyl (C=O) groups excluding carboxylic acids is 1. The van der Waals surface area contributed by atoms with Crippen LogP contribution in [-0.4, -0.2) is 28.2 Å². The number of hydrogen-bond acceptors (Lipinski definition) is 4. The van der Waals surface area contributed by atoms with Crippen molar-refractivity contribution >= 4 is 21.8 Å². The Hall–Kier alpha value is -1.60. The minimum absolute atomic E-state index is 0.0781. The van der Waals surface area contributed by atoms with E-state index in [2.05, 4.69) is 14.8 Å². The Balaban J connectivity index is 2.91. The molecule has 0 spiro atoms. The van der Waals surface area contributed by atoms with Gasteiger partial charge in [0.1, 0.15) is 0 Å². The third-order valence-electron chi connectivity index (χ3n) is 1.93. The van der Waals surface area contributed by atoms with Crippen molar-refractivity contribution in [2.45, 2.75) is 11.8 Å². The van der Waals surface area contributed by atoms with Gasteiger partial charge in [0.15, 0.2) is 0 Å². The van der Waals surface area contributed by atoms with E-state index in [0.717, 1.165) is 0 Å². The van der Waals surface area contributed by atoms with Crippen molar-refractivity contribution in [3.63, 3.8) is 0 Å². The van der Waals surface area contributed by atoms with Gasteiger partial charge in [0.2, 0.25) is 10.0 Å².